The number of nitrogens with one attached hydrogen (secondary N) is 2. The molecule has 0 aliphatic carbocycles. The molecule has 0 saturated carbocycles. The van der Waals surface area contributed by atoms with E-state index in [2.05, 4.69) is 15.5 Å². The SMILES string of the molecule is C[C@@H]1CN([C@H](C)CO)C(=O)c2cc(NC(=O)Nc3ccccc3)ccc2O[C@@H]1CN(C)Cc1ccc(C(=O)O)cc1. The number of para-hydroxylation sites is 1. The van der Waals surface area contributed by atoms with Crippen molar-refractivity contribution in [3.8, 4) is 5.75 Å². The first-order valence-electron chi connectivity index (χ1n) is 13.5. The first kappa shape index (κ1) is 29.6. The third-order valence-electron chi connectivity index (χ3n) is 7.10. The summed E-state index contributed by atoms with van der Waals surface area (Å²) >= 11 is 0. The predicted molar refractivity (Wildman–Crippen MR) is 156 cm³/mol. The number of nitrogens with zero attached hydrogens (tertiary/aromatic N) is 2. The molecular formula is C31H36N4O6. The number of aliphatic hydroxyl groups is 1. The van der Waals surface area contributed by atoms with Gasteiger partial charge in [-0.1, -0.05) is 37.3 Å². The lowest BCUT2D eigenvalue weighted by Crippen LogP contribution is -2.49. The average Bonchev–Trinajstić information content (AvgIpc) is 2.95. The molecule has 3 aromatic carbocycles. The van der Waals surface area contributed by atoms with Gasteiger partial charge in [0.2, 0.25) is 0 Å². The molecule has 10 heteroatoms. The van der Waals surface area contributed by atoms with Crippen LogP contribution in [0.25, 0.3) is 0 Å². The first-order chi connectivity index (χ1) is 19.6. The second-order valence-electron chi connectivity index (χ2n) is 10.5. The predicted octanol–water partition coefficient (Wildman–Crippen LogP) is 4.38. The Hall–Kier alpha value is -4.41. The third-order valence-corrected chi connectivity index (χ3v) is 7.10. The van der Waals surface area contributed by atoms with Crippen LogP contribution < -0.4 is 15.4 Å². The van der Waals surface area contributed by atoms with Gasteiger partial charge in [-0.15, -0.1) is 0 Å². The topological polar surface area (TPSA) is 131 Å². The normalized spacial score (nSPS) is 17.6. The van der Waals surface area contributed by atoms with E-state index < -0.39 is 18.0 Å². The van der Waals surface area contributed by atoms with Crippen LogP contribution in [0.4, 0.5) is 16.2 Å². The molecule has 1 aliphatic rings. The number of aliphatic hydroxyl groups excluding tert-OH is 1. The summed E-state index contributed by atoms with van der Waals surface area (Å²) in [6.45, 7) is 5.11. The lowest BCUT2D eigenvalue weighted by molar-refractivity contribution is 0.0341. The number of aromatic carboxylic acids is 1. The number of carbonyl (C=O) groups is 3. The highest BCUT2D eigenvalue weighted by Gasteiger charge is 2.33. The smallest absolute Gasteiger partial charge is 0.335 e. The molecule has 3 aromatic rings. The Morgan fingerprint density at radius 2 is 1.73 bits per heavy atom. The number of benzene rings is 3. The maximum Gasteiger partial charge on any atom is 0.335 e. The summed E-state index contributed by atoms with van der Waals surface area (Å²) in [4.78, 5) is 41.1. The maximum atomic E-state index is 13.7. The number of urea groups is 1. The molecule has 0 saturated heterocycles. The molecule has 0 unspecified atom stereocenters. The van der Waals surface area contributed by atoms with E-state index in [1.807, 2.05) is 32.2 Å². The summed E-state index contributed by atoms with van der Waals surface area (Å²) in [5.74, 6) is -0.917. The average molecular weight is 561 g/mol. The molecule has 0 spiro atoms. The zero-order valence-electron chi connectivity index (χ0n) is 23.4. The zero-order chi connectivity index (χ0) is 29.5. The van der Waals surface area contributed by atoms with E-state index in [1.165, 1.54) is 0 Å². The van der Waals surface area contributed by atoms with Crippen molar-refractivity contribution in [1.29, 1.82) is 0 Å². The Balaban J connectivity index is 1.54. The van der Waals surface area contributed by atoms with Crippen molar-refractivity contribution in [1.82, 2.24) is 9.80 Å². The van der Waals surface area contributed by atoms with Crippen LogP contribution in [-0.2, 0) is 6.54 Å². The van der Waals surface area contributed by atoms with Crippen LogP contribution in [0.2, 0.25) is 0 Å². The van der Waals surface area contributed by atoms with Crippen molar-refractivity contribution >= 4 is 29.3 Å². The van der Waals surface area contributed by atoms with E-state index in [1.54, 1.807) is 66.4 Å². The van der Waals surface area contributed by atoms with Gasteiger partial charge in [-0.3, -0.25) is 9.69 Å². The van der Waals surface area contributed by atoms with Gasteiger partial charge in [0.25, 0.3) is 5.91 Å². The van der Waals surface area contributed by atoms with Gasteiger partial charge in [-0.2, -0.15) is 0 Å². The minimum Gasteiger partial charge on any atom is -0.488 e. The Morgan fingerprint density at radius 1 is 1.05 bits per heavy atom. The summed E-state index contributed by atoms with van der Waals surface area (Å²) in [7, 11) is 1.96. The molecule has 0 fully saturated rings. The Kier molecular flexibility index (Phi) is 9.59. The third kappa shape index (κ3) is 7.62. The van der Waals surface area contributed by atoms with E-state index >= 15 is 0 Å². The number of hydrogen-bond donors (Lipinski definition) is 4. The summed E-state index contributed by atoms with van der Waals surface area (Å²) in [6.07, 6.45) is -0.293. The standard InChI is InChI=1S/C31H36N4O6/c1-20-16-35(21(2)19-36)29(37)26-15-25(33-31(40)32-24-7-5-4-6-8-24)13-14-27(26)41-28(20)18-34(3)17-22-9-11-23(12-10-22)30(38)39/h4-15,20-21,28,36H,16-19H2,1-3H3,(H,38,39)(H2,32,33,40)/t20-,21-,28-/m1/s1. The molecule has 4 N–H and O–H groups in total. The molecule has 216 valence electrons. The van der Waals surface area contributed by atoms with E-state index in [-0.39, 0.29) is 30.1 Å². The highest BCUT2D eigenvalue weighted by Crippen LogP contribution is 2.31. The molecule has 1 aliphatic heterocycles. The number of carboxylic acid groups (broad SMARTS) is 1. The van der Waals surface area contributed by atoms with Crippen molar-refractivity contribution < 1.29 is 29.3 Å². The van der Waals surface area contributed by atoms with Crippen LogP contribution in [0.3, 0.4) is 0 Å². The van der Waals surface area contributed by atoms with Gasteiger partial charge in [0, 0.05) is 36.9 Å². The van der Waals surface area contributed by atoms with Crippen LogP contribution in [0.1, 0.15) is 40.1 Å². The molecule has 10 nitrogen and oxygen atoms in total. The van der Waals surface area contributed by atoms with Crippen molar-refractivity contribution in [2.24, 2.45) is 5.92 Å². The molecular weight excluding hydrogens is 524 g/mol. The van der Waals surface area contributed by atoms with E-state index in [0.717, 1.165) is 5.56 Å². The Bertz CT molecular complexity index is 1360. The van der Waals surface area contributed by atoms with Gasteiger partial charge in [0.15, 0.2) is 0 Å². The number of rotatable bonds is 9. The fourth-order valence-corrected chi connectivity index (χ4v) is 4.77. The van der Waals surface area contributed by atoms with Crippen LogP contribution in [-0.4, -0.2) is 76.8 Å². The molecule has 0 radical (unpaired) electrons. The number of fused-ring (bicyclic) bond motifs is 1. The number of ether oxygens (including phenoxy) is 1. The number of amides is 3. The van der Waals surface area contributed by atoms with Crippen molar-refractivity contribution in [3.63, 3.8) is 0 Å². The van der Waals surface area contributed by atoms with Crippen LogP contribution in [0.5, 0.6) is 5.75 Å². The summed E-state index contributed by atoms with van der Waals surface area (Å²) in [5.41, 5.74) is 2.56. The lowest BCUT2D eigenvalue weighted by Gasteiger charge is -2.38. The number of anilines is 2. The van der Waals surface area contributed by atoms with E-state index in [4.69, 9.17) is 9.84 Å². The summed E-state index contributed by atoms with van der Waals surface area (Å²) < 4.78 is 6.44. The molecule has 4 rings (SSSR count). The first-order valence-corrected chi connectivity index (χ1v) is 13.5. The van der Waals surface area contributed by atoms with Gasteiger partial charge >= 0.3 is 12.0 Å². The largest absolute Gasteiger partial charge is 0.488 e. The second kappa shape index (κ2) is 13.3. The van der Waals surface area contributed by atoms with Gasteiger partial charge in [-0.05, 0) is 62.0 Å². The molecule has 1 heterocycles. The lowest BCUT2D eigenvalue weighted by atomic mass is 9.99. The number of hydrogen-bond acceptors (Lipinski definition) is 6. The van der Waals surface area contributed by atoms with Gasteiger partial charge in [0.05, 0.1) is 23.8 Å². The van der Waals surface area contributed by atoms with Crippen LogP contribution in [0, 0.1) is 5.92 Å². The highest BCUT2D eigenvalue weighted by atomic mass is 16.5. The fraction of sp³-hybridized carbons (Fsp3) is 0.323. The molecule has 0 aromatic heterocycles. The molecule has 3 atom stereocenters. The zero-order valence-corrected chi connectivity index (χ0v) is 23.4. The minimum atomic E-state index is -0.966. The van der Waals surface area contributed by atoms with Crippen molar-refractivity contribution in [2.45, 2.75) is 32.5 Å². The van der Waals surface area contributed by atoms with E-state index in [9.17, 15) is 19.5 Å². The second-order valence-corrected chi connectivity index (χ2v) is 10.5. The quantitative estimate of drug-likeness (QED) is 0.305. The van der Waals surface area contributed by atoms with Gasteiger partial charge in [0.1, 0.15) is 11.9 Å². The highest BCUT2D eigenvalue weighted by molar-refractivity contribution is 6.02. The van der Waals surface area contributed by atoms with Gasteiger partial charge in [-0.25, -0.2) is 9.59 Å². The molecule has 3 amide bonds. The van der Waals surface area contributed by atoms with Gasteiger partial charge < -0.3 is 30.5 Å². The number of carboxylic acids is 1. The fourth-order valence-electron chi connectivity index (χ4n) is 4.77. The van der Waals surface area contributed by atoms with Crippen molar-refractivity contribution in [3.05, 3.63) is 89.5 Å². The minimum absolute atomic E-state index is 0.0626. The summed E-state index contributed by atoms with van der Waals surface area (Å²) in [5, 5.41) is 24.6. The van der Waals surface area contributed by atoms with Crippen molar-refractivity contribution in [2.75, 3.05) is 37.4 Å². The monoisotopic (exact) mass is 560 g/mol. The Morgan fingerprint density at radius 3 is 2.39 bits per heavy atom. The molecule has 41 heavy (non-hydrogen) atoms. The van der Waals surface area contributed by atoms with Crippen LogP contribution in [0.15, 0.2) is 72.8 Å². The van der Waals surface area contributed by atoms with E-state index in [0.29, 0.717) is 42.3 Å². The van der Waals surface area contributed by atoms with Crippen LogP contribution >= 0.6 is 0 Å². The maximum absolute atomic E-state index is 13.7. The molecule has 0 bridgehead atoms. The summed E-state index contributed by atoms with van der Waals surface area (Å²) in [6, 6.07) is 19.9. The number of likely N-dealkylation sites (N-methyl/N-ethyl adjacent to an activating group) is 1. The number of carbonyl (C=O) groups excluding carboxylic acids is 2. The Labute approximate surface area is 239 Å².